The maximum absolute atomic E-state index is 2.61. The maximum atomic E-state index is 2.61. The number of hydrogen-bond donors (Lipinski definition) is 0. The molecule has 0 saturated heterocycles. The van der Waals surface area contributed by atoms with Crippen LogP contribution in [0.3, 0.4) is 0 Å². The molecule has 12 rings (SSSR count). The van der Waals surface area contributed by atoms with Crippen LogP contribution in [0, 0.1) is 0 Å². The van der Waals surface area contributed by atoms with Gasteiger partial charge in [-0.2, -0.15) is 0 Å². The highest BCUT2D eigenvalue weighted by atomic mass is 15.0. The molecule has 3 nitrogen and oxygen atoms in total. The molecule has 0 atom stereocenters. The molecule has 0 spiro atoms. The Labute approximate surface area is 264 Å². The molecule has 210 valence electrons. The van der Waals surface area contributed by atoms with Crippen LogP contribution in [0.15, 0.2) is 146 Å². The summed E-state index contributed by atoms with van der Waals surface area (Å²) in [7, 11) is 0. The van der Waals surface area contributed by atoms with Gasteiger partial charge in [0.25, 0.3) is 6.71 Å². The summed E-state index contributed by atoms with van der Waals surface area (Å²) in [5.41, 5.74) is 15.6. The van der Waals surface area contributed by atoms with E-state index in [4.69, 9.17) is 0 Å². The maximum Gasteiger partial charge on any atom is 0.252 e. The molecular weight excluding hydrogens is 557 g/mol. The van der Waals surface area contributed by atoms with Crippen LogP contribution in [-0.2, 0) is 0 Å². The van der Waals surface area contributed by atoms with Gasteiger partial charge in [-0.15, -0.1) is 0 Å². The third-order valence-electron chi connectivity index (χ3n) is 10.8. The second-order valence-electron chi connectivity index (χ2n) is 12.9. The second kappa shape index (κ2) is 7.98. The SMILES string of the molecule is c1ccc(-n2c3ccccc3c3c4c(ccc32)B2c3cccc5c6ccccc6n(c35)-c3ccc5c6ccccc6n-4c5c32)cc1. The Bertz CT molecular complexity index is 2980. The molecule has 4 heteroatoms. The molecule has 2 aliphatic heterocycles. The van der Waals surface area contributed by atoms with E-state index in [1.807, 2.05) is 0 Å². The van der Waals surface area contributed by atoms with Gasteiger partial charge in [-0.1, -0.05) is 103 Å². The van der Waals surface area contributed by atoms with Gasteiger partial charge >= 0.3 is 0 Å². The number of rotatable bonds is 1. The number of benzene rings is 7. The normalized spacial score (nSPS) is 13.2. The van der Waals surface area contributed by atoms with Gasteiger partial charge < -0.3 is 13.7 Å². The van der Waals surface area contributed by atoms with E-state index in [-0.39, 0.29) is 6.71 Å². The van der Waals surface area contributed by atoms with Gasteiger partial charge in [0.1, 0.15) is 0 Å². The molecule has 0 N–H and O–H groups in total. The summed E-state index contributed by atoms with van der Waals surface area (Å²) in [6.45, 7) is 0.120. The number of fused-ring (bicyclic) bond motifs is 15. The van der Waals surface area contributed by atoms with Crippen molar-refractivity contribution in [3.05, 3.63) is 146 Å². The summed E-state index contributed by atoms with van der Waals surface area (Å²) in [6, 6.07) is 54.1. The Morgan fingerprint density at radius 3 is 1.78 bits per heavy atom. The van der Waals surface area contributed by atoms with Gasteiger partial charge in [-0.3, -0.25) is 0 Å². The Kier molecular flexibility index (Phi) is 4.06. The van der Waals surface area contributed by atoms with E-state index in [9.17, 15) is 0 Å². The highest BCUT2D eigenvalue weighted by molar-refractivity contribution is 7.00. The molecule has 2 aliphatic rings. The van der Waals surface area contributed by atoms with E-state index in [0.29, 0.717) is 0 Å². The molecule has 0 saturated carbocycles. The van der Waals surface area contributed by atoms with Crippen LogP contribution in [0.25, 0.3) is 82.5 Å². The van der Waals surface area contributed by atoms with Crippen LogP contribution in [0.5, 0.6) is 0 Å². The predicted octanol–water partition coefficient (Wildman–Crippen LogP) is 8.12. The lowest BCUT2D eigenvalue weighted by atomic mass is 9.34. The fourth-order valence-corrected chi connectivity index (χ4v) is 9.18. The first kappa shape index (κ1) is 23.4. The van der Waals surface area contributed by atoms with Crippen molar-refractivity contribution >= 4 is 88.5 Å². The minimum absolute atomic E-state index is 0.120. The van der Waals surface area contributed by atoms with Gasteiger partial charge in [0.15, 0.2) is 0 Å². The van der Waals surface area contributed by atoms with Crippen LogP contribution in [0.4, 0.5) is 0 Å². The van der Waals surface area contributed by atoms with Crippen molar-refractivity contribution in [2.45, 2.75) is 0 Å². The first-order valence-corrected chi connectivity index (χ1v) is 16.1. The minimum atomic E-state index is 0.120. The lowest BCUT2D eigenvalue weighted by Crippen LogP contribution is -2.59. The zero-order valence-corrected chi connectivity index (χ0v) is 24.8. The van der Waals surface area contributed by atoms with E-state index in [2.05, 4.69) is 159 Å². The molecule has 5 heterocycles. The van der Waals surface area contributed by atoms with Gasteiger partial charge in [0.05, 0.1) is 33.3 Å². The predicted molar refractivity (Wildman–Crippen MR) is 194 cm³/mol. The quantitative estimate of drug-likeness (QED) is 0.174. The molecule has 0 aliphatic carbocycles. The monoisotopic (exact) mass is 581 g/mol. The molecular formula is C42H24BN3. The van der Waals surface area contributed by atoms with Crippen molar-refractivity contribution in [2.24, 2.45) is 0 Å². The summed E-state index contributed by atoms with van der Waals surface area (Å²) in [5, 5.41) is 7.86. The summed E-state index contributed by atoms with van der Waals surface area (Å²) >= 11 is 0. The van der Waals surface area contributed by atoms with Gasteiger partial charge in [-0.25, -0.2) is 0 Å². The number of para-hydroxylation sites is 5. The topological polar surface area (TPSA) is 14.8 Å². The third kappa shape index (κ3) is 2.54. The van der Waals surface area contributed by atoms with Gasteiger partial charge in [-0.05, 0) is 58.9 Å². The average molecular weight is 581 g/mol. The first-order chi connectivity index (χ1) is 22.9. The van der Waals surface area contributed by atoms with Crippen molar-refractivity contribution in [3.8, 4) is 17.1 Å². The Morgan fingerprint density at radius 1 is 0.370 bits per heavy atom. The molecule has 10 aromatic rings. The Hall–Kier alpha value is -6.00. The van der Waals surface area contributed by atoms with Crippen LogP contribution < -0.4 is 16.4 Å². The molecule has 0 amide bonds. The lowest BCUT2D eigenvalue weighted by Gasteiger charge is -2.33. The number of aromatic nitrogens is 3. The zero-order valence-electron chi connectivity index (χ0n) is 24.8. The van der Waals surface area contributed by atoms with E-state index in [0.717, 1.165) is 0 Å². The molecule has 0 unspecified atom stereocenters. The largest absolute Gasteiger partial charge is 0.310 e. The second-order valence-corrected chi connectivity index (χ2v) is 12.9. The van der Waals surface area contributed by atoms with Gasteiger partial charge in [0.2, 0.25) is 0 Å². The molecule has 7 aromatic carbocycles. The zero-order chi connectivity index (χ0) is 29.7. The van der Waals surface area contributed by atoms with Crippen molar-refractivity contribution in [1.29, 1.82) is 0 Å². The van der Waals surface area contributed by atoms with Crippen LogP contribution >= 0.6 is 0 Å². The molecule has 46 heavy (non-hydrogen) atoms. The van der Waals surface area contributed by atoms with Crippen molar-refractivity contribution < 1.29 is 0 Å². The van der Waals surface area contributed by atoms with E-state index >= 15 is 0 Å². The highest BCUT2D eigenvalue weighted by Crippen LogP contribution is 2.43. The molecule has 3 aromatic heterocycles. The standard InChI is InChI=1S/C42H24BN3/c1-2-11-25(12-3-1)44-35-20-9-6-15-30(35)38-36(44)24-22-32-42(38)46-34-19-8-5-14-27(34)29-21-23-37-39(41(29)46)43(32)31-17-10-16-28-26-13-4-7-18-33(26)45(37)40(28)31/h1-24H. The summed E-state index contributed by atoms with van der Waals surface area (Å²) in [4.78, 5) is 0. The Morgan fingerprint density at radius 2 is 1.00 bits per heavy atom. The molecule has 0 bridgehead atoms. The number of nitrogens with zero attached hydrogens (tertiary/aromatic N) is 3. The van der Waals surface area contributed by atoms with Crippen molar-refractivity contribution in [2.75, 3.05) is 0 Å². The molecule has 0 fully saturated rings. The first-order valence-electron chi connectivity index (χ1n) is 16.1. The van der Waals surface area contributed by atoms with E-state index < -0.39 is 0 Å². The number of hydrogen-bond acceptors (Lipinski definition) is 0. The summed E-state index contributed by atoms with van der Waals surface area (Å²) < 4.78 is 7.59. The van der Waals surface area contributed by atoms with Crippen molar-refractivity contribution in [3.63, 3.8) is 0 Å². The fourth-order valence-electron chi connectivity index (χ4n) is 9.18. The van der Waals surface area contributed by atoms with E-state index in [1.54, 1.807) is 0 Å². The summed E-state index contributed by atoms with van der Waals surface area (Å²) in [5.74, 6) is 0. The van der Waals surface area contributed by atoms with Crippen LogP contribution in [-0.4, -0.2) is 20.4 Å². The molecule has 0 radical (unpaired) electrons. The lowest BCUT2D eigenvalue weighted by molar-refractivity contribution is 1.16. The van der Waals surface area contributed by atoms with Crippen molar-refractivity contribution in [1.82, 2.24) is 13.7 Å². The fraction of sp³-hybridized carbons (Fsp3) is 0. The summed E-state index contributed by atoms with van der Waals surface area (Å²) in [6.07, 6.45) is 0. The van der Waals surface area contributed by atoms with E-state index in [1.165, 1.54) is 98.9 Å². The van der Waals surface area contributed by atoms with Crippen LogP contribution in [0.1, 0.15) is 0 Å². The van der Waals surface area contributed by atoms with Crippen LogP contribution in [0.2, 0.25) is 0 Å². The smallest absolute Gasteiger partial charge is 0.252 e. The Balaban J connectivity index is 1.36. The minimum Gasteiger partial charge on any atom is -0.310 e. The third-order valence-corrected chi connectivity index (χ3v) is 10.8. The highest BCUT2D eigenvalue weighted by Gasteiger charge is 2.41. The average Bonchev–Trinajstić information content (AvgIpc) is 3.76. The van der Waals surface area contributed by atoms with Gasteiger partial charge in [0, 0.05) is 49.2 Å².